The molecular formula is C14H21NO2S. The number of hydrogen-bond acceptors (Lipinski definition) is 3. The van der Waals surface area contributed by atoms with Crippen molar-refractivity contribution in [3.8, 4) is 0 Å². The Hall–Kier alpha value is -1.03. The fourth-order valence-electron chi connectivity index (χ4n) is 2.36. The Morgan fingerprint density at radius 1 is 1.22 bits per heavy atom. The van der Waals surface area contributed by atoms with Gasteiger partial charge in [0.15, 0.2) is 9.84 Å². The van der Waals surface area contributed by atoms with Gasteiger partial charge in [0.2, 0.25) is 0 Å². The third kappa shape index (κ3) is 2.14. The molecule has 0 aromatic heterocycles. The summed E-state index contributed by atoms with van der Waals surface area (Å²) in [6, 6.07) is 5.72. The number of fused-ring (bicyclic) bond motifs is 1. The zero-order chi connectivity index (χ0) is 13.5. The van der Waals surface area contributed by atoms with Gasteiger partial charge in [-0.1, -0.05) is 33.8 Å². The Morgan fingerprint density at radius 3 is 2.44 bits per heavy atom. The van der Waals surface area contributed by atoms with Crippen molar-refractivity contribution in [2.24, 2.45) is 5.92 Å². The smallest absolute Gasteiger partial charge is 0.185 e. The first kappa shape index (κ1) is 13.4. The van der Waals surface area contributed by atoms with Crippen molar-refractivity contribution in [1.82, 2.24) is 0 Å². The molecule has 1 unspecified atom stereocenters. The van der Waals surface area contributed by atoms with Crippen molar-refractivity contribution in [1.29, 1.82) is 0 Å². The molecule has 0 aliphatic carbocycles. The molecule has 0 amide bonds. The van der Waals surface area contributed by atoms with Crippen molar-refractivity contribution >= 4 is 15.5 Å². The molecule has 1 aromatic rings. The van der Waals surface area contributed by atoms with E-state index < -0.39 is 9.84 Å². The lowest BCUT2D eigenvalue weighted by molar-refractivity contribution is 0.533. The molecule has 3 nitrogen and oxygen atoms in total. The van der Waals surface area contributed by atoms with E-state index in [1.54, 1.807) is 0 Å². The third-order valence-electron chi connectivity index (χ3n) is 3.61. The number of nitrogens with one attached hydrogen (secondary N) is 1. The Morgan fingerprint density at radius 2 is 1.89 bits per heavy atom. The van der Waals surface area contributed by atoms with Crippen molar-refractivity contribution in [2.75, 3.05) is 11.9 Å². The van der Waals surface area contributed by atoms with Crippen LogP contribution in [0.1, 0.15) is 39.2 Å². The molecule has 4 heteroatoms. The summed E-state index contributed by atoms with van der Waals surface area (Å²) in [7, 11) is -3.20. The van der Waals surface area contributed by atoms with Crippen LogP contribution >= 0.6 is 0 Å². The van der Waals surface area contributed by atoms with Crippen molar-refractivity contribution in [3.05, 3.63) is 23.8 Å². The quantitative estimate of drug-likeness (QED) is 0.896. The van der Waals surface area contributed by atoms with E-state index in [1.165, 1.54) is 0 Å². The van der Waals surface area contributed by atoms with Crippen LogP contribution in [0.3, 0.4) is 0 Å². The molecule has 1 N–H and O–H groups in total. The summed E-state index contributed by atoms with van der Waals surface area (Å²) >= 11 is 0. The van der Waals surface area contributed by atoms with Crippen LogP contribution in [0, 0.1) is 5.92 Å². The molecule has 0 fully saturated rings. The Kier molecular flexibility index (Phi) is 3.41. The van der Waals surface area contributed by atoms with Gasteiger partial charge in [0.25, 0.3) is 0 Å². The van der Waals surface area contributed by atoms with Gasteiger partial charge in [-0.3, -0.25) is 0 Å². The molecule has 18 heavy (non-hydrogen) atoms. The van der Waals surface area contributed by atoms with Crippen LogP contribution in [0.4, 0.5) is 5.69 Å². The predicted octanol–water partition coefficient (Wildman–Crippen LogP) is 3.03. The average molecular weight is 267 g/mol. The van der Waals surface area contributed by atoms with Crippen LogP contribution in [-0.4, -0.2) is 20.2 Å². The van der Waals surface area contributed by atoms with Gasteiger partial charge in [0.05, 0.1) is 15.8 Å². The highest BCUT2D eigenvalue weighted by atomic mass is 32.2. The molecule has 0 saturated carbocycles. The van der Waals surface area contributed by atoms with E-state index in [9.17, 15) is 8.42 Å². The maximum absolute atomic E-state index is 12.6. The fourth-order valence-corrected chi connectivity index (χ4v) is 4.45. The highest BCUT2D eigenvalue weighted by Crippen LogP contribution is 2.34. The monoisotopic (exact) mass is 267 g/mol. The van der Waals surface area contributed by atoms with Gasteiger partial charge in [-0.2, -0.15) is 0 Å². The van der Waals surface area contributed by atoms with Crippen LogP contribution in [0.15, 0.2) is 23.1 Å². The Labute approximate surface area is 110 Å². The van der Waals surface area contributed by atoms with Gasteiger partial charge in [-0.25, -0.2) is 8.42 Å². The third-order valence-corrected chi connectivity index (χ3v) is 6.07. The molecule has 1 aromatic carbocycles. The van der Waals surface area contributed by atoms with Crippen LogP contribution in [0.25, 0.3) is 0 Å². The molecule has 0 saturated heterocycles. The van der Waals surface area contributed by atoms with Crippen LogP contribution in [0.5, 0.6) is 0 Å². The van der Waals surface area contributed by atoms with E-state index in [0.29, 0.717) is 17.4 Å². The lowest BCUT2D eigenvalue weighted by atomic mass is 10.0. The van der Waals surface area contributed by atoms with Gasteiger partial charge in [0, 0.05) is 6.54 Å². The minimum atomic E-state index is -3.20. The van der Waals surface area contributed by atoms with Gasteiger partial charge in [0.1, 0.15) is 0 Å². The van der Waals surface area contributed by atoms with Gasteiger partial charge in [-0.15, -0.1) is 0 Å². The first-order valence-corrected chi connectivity index (χ1v) is 8.00. The summed E-state index contributed by atoms with van der Waals surface area (Å²) in [5, 5.41) is 2.91. The second-order valence-corrected chi connectivity index (χ2v) is 7.75. The molecule has 1 heterocycles. The molecule has 0 radical (unpaired) electrons. The molecule has 2 rings (SSSR count). The SMILES string of the molecule is CC(C)c1ccc2c(c1)S(=O)(=O)C(C(C)C)CN2. The van der Waals surface area contributed by atoms with E-state index in [2.05, 4.69) is 19.2 Å². The van der Waals surface area contributed by atoms with E-state index in [-0.39, 0.29) is 11.2 Å². The zero-order valence-electron chi connectivity index (χ0n) is 11.4. The molecule has 1 aliphatic heterocycles. The second kappa shape index (κ2) is 4.57. The lowest BCUT2D eigenvalue weighted by Gasteiger charge is -2.29. The predicted molar refractivity (Wildman–Crippen MR) is 74.8 cm³/mol. The standard InChI is InChI=1S/C14H21NO2S/c1-9(2)11-5-6-12-13(7-11)18(16,17)14(8-15-12)10(3)4/h5-7,9-10,14-15H,8H2,1-4H3. The largest absolute Gasteiger partial charge is 0.383 e. The number of hydrogen-bond donors (Lipinski definition) is 1. The summed E-state index contributed by atoms with van der Waals surface area (Å²) < 4.78 is 25.2. The minimum absolute atomic E-state index is 0.123. The maximum atomic E-state index is 12.6. The molecule has 1 aliphatic rings. The van der Waals surface area contributed by atoms with Crippen LogP contribution < -0.4 is 5.32 Å². The maximum Gasteiger partial charge on any atom is 0.185 e. The summed E-state index contributed by atoms with van der Waals surface area (Å²) in [6.07, 6.45) is 0. The van der Waals surface area contributed by atoms with E-state index >= 15 is 0 Å². The number of rotatable bonds is 2. The number of sulfone groups is 1. The first-order valence-electron chi connectivity index (χ1n) is 6.45. The minimum Gasteiger partial charge on any atom is -0.383 e. The van der Waals surface area contributed by atoms with Crippen LogP contribution in [-0.2, 0) is 9.84 Å². The topological polar surface area (TPSA) is 46.2 Å². The average Bonchev–Trinajstić information content (AvgIpc) is 2.27. The zero-order valence-corrected chi connectivity index (χ0v) is 12.2. The van der Waals surface area contributed by atoms with E-state index in [1.807, 2.05) is 32.0 Å². The normalized spacial score (nSPS) is 21.8. The Balaban J connectivity index is 2.55. The van der Waals surface area contributed by atoms with E-state index in [0.717, 1.165) is 11.3 Å². The summed E-state index contributed by atoms with van der Waals surface area (Å²) in [5.74, 6) is 0.461. The highest BCUT2D eigenvalue weighted by Gasteiger charge is 2.35. The van der Waals surface area contributed by atoms with Crippen LogP contribution in [0.2, 0.25) is 0 Å². The van der Waals surface area contributed by atoms with Gasteiger partial charge < -0.3 is 5.32 Å². The van der Waals surface area contributed by atoms with Crippen molar-refractivity contribution in [2.45, 2.75) is 43.8 Å². The molecule has 0 bridgehead atoms. The van der Waals surface area contributed by atoms with E-state index in [4.69, 9.17) is 0 Å². The molecule has 100 valence electrons. The number of anilines is 1. The first-order chi connectivity index (χ1) is 8.34. The molecule has 0 spiro atoms. The van der Waals surface area contributed by atoms with Gasteiger partial charge >= 0.3 is 0 Å². The van der Waals surface area contributed by atoms with Crippen molar-refractivity contribution < 1.29 is 8.42 Å². The fraction of sp³-hybridized carbons (Fsp3) is 0.571. The van der Waals surface area contributed by atoms with Crippen molar-refractivity contribution in [3.63, 3.8) is 0 Å². The lowest BCUT2D eigenvalue weighted by Crippen LogP contribution is -2.38. The Bertz CT molecular complexity index is 547. The summed E-state index contributed by atoms with van der Waals surface area (Å²) in [6.45, 7) is 8.57. The molecule has 1 atom stereocenters. The summed E-state index contributed by atoms with van der Waals surface area (Å²) in [4.78, 5) is 0.471. The number of benzene rings is 1. The highest BCUT2D eigenvalue weighted by molar-refractivity contribution is 7.92. The van der Waals surface area contributed by atoms with Gasteiger partial charge in [-0.05, 0) is 29.5 Å². The summed E-state index contributed by atoms with van der Waals surface area (Å²) in [5.41, 5.74) is 1.82. The molecular weight excluding hydrogens is 246 g/mol. The second-order valence-electron chi connectivity index (χ2n) is 5.62.